The highest BCUT2D eigenvalue weighted by atomic mass is 16.4. The van der Waals surface area contributed by atoms with E-state index in [1.165, 1.54) is 12.8 Å². The first kappa shape index (κ1) is 15.8. The number of carbonyl (C=O) groups excluding carboxylic acids is 1. The van der Waals surface area contributed by atoms with Gasteiger partial charge in [-0.2, -0.15) is 0 Å². The van der Waals surface area contributed by atoms with E-state index in [0.29, 0.717) is 0 Å². The Morgan fingerprint density at radius 3 is 2.32 bits per heavy atom. The lowest BCUT2D eigenvalue weighted by atomic mass is 9.93. The van der Waals surface area contributed by atoms with Gasteiger partial charge in [-0.3, -0.25) is 0 Å². The molecule has 0 aromatic heterocycles. The third-order valence-electron chi connectivity index (χ3n) is 3.81. The highest BCUT2D eigenvalue weighted by Gasteiger charge is 2.28. The molecule has 1 aliphatic rings. The molecule has 1 heterocycles. The standard InChI is InChI=1S/C14H26N2O3/c1-4-5-11-6-8-16(9-7-11)14(19)15-12(10(2)3)13(17)18/h10-12H,4-9H2,1-3H3,(H,15,19)(H,17,18)/t12-/m1/s1. The van der Waals surface area contributed by atoms with Gasteiger partial charge in [-0.05, 0) is 24.7 Å². The normalized spacial score (nSPS) is 18.4. The van der Waals surface area contributed by atoms with Crippen LogP contribution in [0.15, 0.2) is 0 Å². The molecule has 0 aliphatic carbocycles. The van der Waals surface area contributed by atoms with Crippen molar-refractivity contribution in [1.29, 1.82) is 0 Å². The monoisotopic (exact) mass is 270 g/mol. The molecule has 0 radical (unpaired) electrons. The molecule has 0 aromatic rings. The largest absolute Gasteiger partial charge is 0.480 e. The molecule has 5 heteroatoms. The van der Waals surface area contributed by atoms with Crippen LogP contribution in [0.4, 0.5) is 4.79 Å². The molecule has 19 heavy (non-hydrogen) atoms. The summed E-state index contributed by atoms with van der Waals surface area (Å²) in [4.78, 5) is 24.8. The molecule has 5 nitrogen and oxygen atoms in total. The third kappa shape index (κ3) is 4.73. The molecular formula is C14H26N2O3. The molecule has 0 unspecified atom stereocenters. The zero-order valence-electron chi connectivity index (χ0n) is 12.2. The average molecular weight is 270 g/mol. The van der Waals surface area contributed by atoms with E-state index in [1.807, 2.05) is 0 Å². The van der Waals surface area contributed by atoms with E-state index in [-0.39, 0.29) is 11.9 Å². The van der Waals surface area contributed by atoms with Gasteiger partial charge in [0.05, 0.1) is 0 Å². The first-order valence-electron chi connectivity index (χ1n) is 7.24. The summed E-state index contributed by atoms with van der Waals surface area (Å²) in [7, 11) is 0. The van der Waals surface area contributed by atoms with Crippen LogP contribution in [0.2, 0.25) is 0 Å². The topological polar surface area (TPSA) is 69.6 Å². The summed E-state index contributed by atoms with van der Waals surface area (Å²) in [6, 6.07) is -1.04. The number of nitrogens with one attached hydrogen (secondary N) is 1. The quantitative estimate of drug-likeness (QED) is 0.805. The summed E-state index contributed by atoms with van der Waals surface area (Å²) >= 11 is 0. The van der Waals surface area contributed by atoms with Crippen LogP contribution in [0, 0.1) is 11.8 Å². The van der Waals surface area contributed by atoms with Crippen LogP contribution in [0.1, 0.15) is 46.5 Å². The molecule has 1 fully saturated rings. The van der Waals surface area contributed by atoms with Crippen molar-refractivity contribution in [2.45, 2.75) is 52.5 Å². The molecule has 110 valence electrons. The summed E-state index contributed by atoms with van der Waals surface area (Å²) in [5, 5.41) is 11.7. The summed E-state index contributed by atoms with van der Waals surface area (Å²) in [6.45, 7) is 7.25. The number of rotatable bonds is 5. The van der Waals surface area contributed by atoms with Gasteiger partial charge in [0, 0.05) is 13.1 Å². The minimum atomic E-state index is -0.968. The van der Waals surface area contributed by atoms with E-state index in [9.17, 15) is 9.59 Å². The van der Waals surface area contributed by atoms with E-state index in [0.717, 1.165) is 31.8 Å². The van der Waals surface area contributed by atoms with Gasteiger partial charge in [0.15, 0.2) is 0 Å². The summed E-state index contributed by atoms with van der Waals surface area (Å²) < 4.78 is 0. The number of carboxylic acid groups (broad SMARTS) is 1. The Bertz CT molecular complexity index is 310. The molecule has 1 aliphatic heterocycles. The Kier molecular flexibility index (Phi) is 6.12. The van der Waals surface area contributed by atoms with Gasteiger partial charge < -0.3 is 15.3 Å². The smallest absolute Gasteiger partial charge is 0.326 e. The third-order valence-corrected chi connectivity index (χ3v) is 3.81. The Balaban J connectivity index is 2.44. The number of likely N-dealkylation sites (tertiary alicyclic amines) is 1. The van der Waals surface area contributed by atoms with Gasteiger partial charge in [-0.25, -0.2) is 9.59 Å². The van der Waals surface area contributed by atoms with E-state index in [2.05, 4.69) is 12.2 Å². The van der Waals surface area contributed by atoms with Crippen LogP contribution in [0.25, 0.3) is 0 Å². The van der Waals surface area contributed by atoms with Crippen molar-refractivity contribution in [2.75, 3.05) is 13.1 Å². The van der Waals surface area contributed by atoms with E-state index < -0.39 is 12.0 Å². The zero-order chi connectivity index (χ0) is 14.4. The number of hydrogen-bond donors (Lipinski definition) is 2. The molecule has 1 rings (SSSR count). The van der Waals surface area contributed by atoms with E-state index in [4.69, 9.17) is 5.11 Å². The van der Waals surface area contributed by atoms with Crippen LogP contribution in [0.3, 0.4) is 0 Å². The van der Waals surface area contributed by atoms with Gasteiger partial charge in [0.1, 0.15) is 6.04 Å². The minimum absolute atomic E-state index is 0.112. The fraction of sp³-hybridized carbons (Fsp3) is 0.857. The van der Waals surface area contributed by atoms with Crippen molar-refractivity contribution in [3.05, 3.63) is 0 Å². The van der Waals surface area contributed by atoms with Gasteiger partial charge >= 0.3 is 12.0 Å². The fourth-order valence-corrected chi connectivity index (χ4v) is 2.57. The summed E-state index contributed by atoms with van der Waals surface area (Å²) in [5.41, 5.74) is 0. The van der Waals surface area contributed by atoms with Crippen molar-refractivity contribution in [2.24, 2.45) is 11.8 Å². The van der Waals surface area contributed by atoms with Crippen LogP contribution in [0.5, 0.6) is 0 Å². The van der Waals surface area contributed by atoms with Crippen molar-refractivity contribution in [3.63, 3.8) is 0 Å². The second-order valence-corrected chi connectivity index (χ2v) is 5.73. The summed E-state index contributed by atoms with van der Waals surface area (Å²) in [6.07, 6.45) is 4.46. The maximum absolute atomic E-state index is 12.0. The molecule has 0 saturated carbocycles. The lowest BCUT2D eigenvalue weighted by Crippen LogP contribution is -2.51. The fourth-order valence-electron chi connectivity index (χ4n) is 2.57. The van der Waals surface area contributed by atoms with Crippen LogP contribution < -0.4 is 5.32 Å². The molecular weight excluding hydrogens is 244 g/mol. The predicted octanol–water partition coefficient (Wildman–Crippen LogP) is 2.32. The molecule has 1 atom stereocenters. The van der Waals surface area contributed by atoms with Gasteiger partial charge in [0.25, 0.3) is 0 Å². The lowest BCUT2D eigenvalue weighted by Gasteiger charge is -2.33. The second kappa shape index (κ2) is 7.36. The number of piperidine rings is 1. The van der Waals surface area contributed by atoms with E-state index in [1.54, 1.807) is 18.7 Å². The minimum Gasteiger partial charge on any atom is -0.480 e. The van der Waals surface area contributed by atoms with Gasteiger partial charge in [-0.1, -0.05) is 33.6 Å². The Hall–Kier alpha value is -1.26. The number of carboxylic acids is 1. The van der Waals surface area contributed by atoms with Crippen molar-refractivity contribution >= 4 is 12.0 Å². The number of hydrogen-bond acceptors (Lipinski definition) is 2. The van der Waals surface area contributed by atoms with Crippen molar-refractivity contribution in [1.82, 2.24) is 10.2 Å². The predicted molar refractivity (Wildman–Crippen MR) is 74.0 cm³/mol. The molecule has 2 amide bonds. The Labute approximate surface area is 115 Å². The van der Waals surface area contributed by atoms with Crippen LogP contribution in [-0.2, 0) is 4.79 Å². The number of urea groups is 1. The number of amides is 2. The van der Waals surface area contributed by atoms with Crippen LogP contribution >= 0.6 is 0 Å². The molecule has 0 aromatic carbocycles. The maximum atomic E-state index is 12.0. The van der Waals surface area contributed by atoms with Gasteiger partial charge in [0.2, 0.25) is 0 Å². The summed E-state index contributed by atoms with van der Waals surface area (Å²) in [5.74, 6) is -0.363. The average Bonchev–Trinajstić information content (AvgIpc) is 2.36. The Morgan fingerprint density at radius 1 is 1.32 bits per heavy atom. The maximum Gasteiger partial charge on any atom is 0.326 e. The second-order valence-electron chi connectivity index (χ2n) is 5.73. The van der Waals surface area contributed by atoms with E-state index >= 15 is 0 Å². The molecule has 2 N–H and O–H groups in total. The molecule has 1 saturated heterocycles. The molecule has 0 bridgehead atoms. The SMILES string of the molecule is CCCC1CCN(C(=O)N[C@@H](C(=O)O)C(C)C)CC1. The van der Waals surface area contributed by atoms with Crippen molar-refractivity contribution < 1.29 is 14.7 Å². The number of carbonyl (C=O) groups is 2. The first-order chi connectivity index (χ1) is 8.95. The number of aliphatic carboxylic acids is 1. The highest BCUT2D eigenvalue weighted by Crippen LogP contribution is 2.21. The first-order valence-corrected chi connectivity index (χ1v) is 7.24. The molecule has 0 spiro atoms. The lowest BCUT2D eigenvalue weighted by molar-refractivity contribution is -0.140. The van der Waals surface area contributed by atoms with Gasteiger partial charge in [-0.15, -0.1) is 0 Å². The zero-order valence-corrected chi connectivity index (χ0v) is 12.2. The Morgan fingerprint density at radius 2 is 1.89 bits per heavy atom. The van der Waals surface area contributed by atoms with Crippen molar-refractivity contribution in [3.8, 4) is 0 Å². The number of nitrogens with zero attached hydrogens (tertiary/aromatic N) is 1. The highest BCUT2D eigenvalue weighted by molar-refractivity contribution is 5.82. The van der Waals surface area contributed by atoms with Crippen LogP contribution in [-0.4, -0.2) is 41.1 Å².